The van der Waals surface area contributed by atoms with Crippen molar-refractivity contribution in [1.82, 2.24) is 19.5 Å². The van der Waals surface area contributed by atoms with Gasteiger partial charge in [-0.2, -0.15) is 0 Å². The monoisotopic (exact) mass is 457 g/mol. The molecule has 0 atom stereocenters. The lowest BCUT2D eigenvalue weighted by molar-refractivity contribution is -0.114. The molecule has 3 aromatic heterocycles. The Kier molecular flexibility index (Phi) is 5.21. The first-order valence-electron chi connectivity index (χ1n) is 10.3. The molecule has 0 bridgehead atoms. The van der Waals surface area contributed by atoms with E-state index >= 15 is 4.39 Å². The largest absolute Gasteiger partial charge is 0.328 e. The fourth-order valence-corrected chi connectivity index (χ4v) is 3.71. The lowest BCUT2D eigenvalue weighted by atomic mass is 10.0. The molecule has 0 saturated carbocycles. The van der Waals surface area contributed by atoms with Gasteiger partial charge in [0.15, 0.2) is 11.5 Å². The average molecular weight is 457 g/mol. The summed E-state index contributed by atoms with van der Waals surface area (Å²) in [5.74, 6) is -1.51. The van der Waals surface area contributed by atoms with Gasteiger partial charge in [-0.1, -0.05) is 12.1 Å². The Morgan fingerprint density at radius 2 is 1.74 bits per heavy atom. The minimum atomic E-state index is -0.636. The molecule has 3 heterocycles. The molecule has 0 unspecified atom stereocenters. The maximum absolute atomic E-state index is 15.2. The molecule has 0 aliphatic carbocycles. The Labute approximate surface area is 191 Å². The number of aromatic amines is 1. The van der Waals surface area contributed by atoms with E-state index in [-0.39, 0.29) is 16.8 Å². The first-order valence-corrected chi connectivity index (χ1v) is 10.3. The number of carbonyl (C=O) groups is 1. The molecule has 0 radical (unpaired) electrons. The molecule has 0 aliphatic heterocycles. The highest BCUT2D eigenvalue weighted by Gasteiger charge is 2.17. The smallest absolute Gasteiger partial charge is 0.247 e. The molecule has 2 N–H and O–H groups in total. The van der Waals surface area contributed by atoms with Crippen molar-refractivity contribution >= 4 is 22.8 Å². The van der Waals surface area contributed by atoms with Crippen LogP contribution in [0.1, 0.15) is 6.92 Å². The summed E-state index contributed by atoms with van der Waals surface area (Å²) in [6.45, 7) is 1.29. The molecule has 0 spiro atoms. The second-order valence-electron chi connectivity index (χ2n) is 7.67. The predicted octanol–water partition coefficient (Wildman–Crippen LogP) is 4.68. The Balaban J connectivity index is 1.65. The Hall–Kier alpha value is -4.66. The van der Waals surface area contributed by atoms with Gasteiger partial charge in [0.25, 0.3) is 0 Å². The third kappa shape index (κ3) is 3.95. The van der Waals surface area contributed by atoms with Crippen LogP contribution in [0.25, 0.3) is 39.1 Å². The second-order valence-corrected chi connectivity index (χ2v) is 7.67. The summed E-state index contributed by atoms with van der Waals surface area (Å²) in [5.41, 5.74) is 3.56. The number of pyridine rings is 2. The van der Waals surface area contributed by atoms with E-state index in [2.05, 4.69) is 20.3 Å². The van der Waals surface area contributed by atoms with Gasteiger partial charge >= 0.3 is 0 Å². The van der Waals surface area contributed by atoms with Crippen LogP contribution in [-0.2, 0) is 4.79 Å². The van der Waals surface area contributed by atoms with Crippen molar-refractivity contribution in [3.63, 3.8) is 0 Å². The number of nitrogens with zero attached hydrogens (tertiary/aromatic N) is 3. The molecule has 1 amide bonds. The van der Waals surface area contributed by atoms with Crippen LogP contribution < -0.4 is 10.9 Å². The molecule has 0 aliphatic rings. The quantitative estimate of drug-likeness (QED) is 0.410. The van der Waals surface area contributed by atoms with Crippen molar-refractivity contribution in [1.29, 1.82) is 0 Å². The Bertz CT molecular complexity index is 1590. The van der Waals surface area contributed by atoms with E-state index in [9.17, 15) is 14.0 Å². The third-order valence-corrected chi connectivity index (χ3v) is 5.31. The number of fused-ring (bicyclic) bond motifs is 1. The van der Waals surface area contributed by atoms with Crippen LogP contribution in [0, 0.1) is 11.6 Å². The SMILES string of the molecule is CC(=O)Nc1cc(-n2cnc3cc(-c4ccc(=O)[nH]c4)cnc32)cc(-c2ccc(F)cc2)c1F. The first-order chi connectivity index (χ1) is 16.4. The van der Waals surface area contributed by atoms with Crippen LogP contribution in [0.3, 0.4) is 0 Å². The lowest BCUT2D eigenvalue weighted by Gasteiger charge is -2.14. The van der Waals surface area contributed by atoms with Gasteiger partial charge < -0.3 is 10.3 Å². The minimum absolute atomic E-state index is 0.0176. The fraction of sp³-hybridized carbons (Fsp3) is 0.0400. The molecule has 0 saturated heterocycles. The van der Waals surface area contributed by atoms with E-state index in [1.54, 1.807) is 35.4 Å². The summed E-state index contributed by atoms with van der Waals surface area (Å²) in [4.78, 5) is 34.6. The first kappa shape index (κ1) is 21.2. The van der Waals surface area contributed by atoms with E-state index in [1.165, 1.54) is 43.3 Å². The van der Waals surface area contributed by atoms with E-state index in [0.717, 1.165) is 11.1 Å². The highest BCUT2D eigenvalue weighted by atomic mass is 19.1. The number of halogens is 2. The average Bonchev–Trinajstić information content (AvgIpc) is 3.24. The van der Waals surface area contributed by atoms with Crippen LogP contribution >= 0.6 is 0 Å². The van der Waals surface area contributed by atoms with Gasteiger partial charge in [0.05, 0.1) is 11.4 Å². The van der Waals surface area contributed by atoms with Crippen molar-refractivity contribution < 1.29 is 13.6 Å². The molecule has 7 nitrogen and oxygen atoms in total. The molecule has 168 valence electrons. The standard InChI is InChI=1S/C25H17F2N5O2/c1-14(33)31-21-10-19(9-20(24(21)27)15-2-5-18(26)6-3-15)32-13-30-22-8-17(12-29-25(22)32)16-4-7-23(34)28-11-16/h2-13H,1H3,(H,28,34)(H,31,33). The zero-order valence-corrected chi connectivity index (χ0v) is 17.8. The molecule has 9 heteroatoms. The van der Waals surface area contributed by atoms with Crippen LogP contribution in [0.5, 0.6) is 0 Å². The van der Waals surface area contributed by atoms with Gasteiger partial charge in [-0.3, -0.25) is 14.2 Å². The zero-order valence-electron chi connectivity index (χ0n) is 17.8. The number of aromatic nitrogens is 4. The molecule has 34 heavy (non-hydrogen) atoms. The van der Waals surface area contributed by atoms with E-state index in [1.807, 2.05) is 6.07 Å². The van der Waals surface area contributed by atoms with Crippen LogP contribution in [0.15, 0.2) is 78.1 Å². The highest BCUT2D eigenvalue weighted by molar-refractivity contribution is 5.91. The molecule has 5 rings (SSSR count). The Morgan fingerprint density at radius 1 is 0.971 bits per heavy atom. The molecular formula is C25H17F2N5O2. The van der Waals surface area contributed by atoms with Crippen LogP contribution in [0.2, 0.25) is 0 Å². The van der Waals surface area contributed by atoms with E-state index < -0.39 is 17.5 Å². The summed E-state index contributed by atoms with van der Waals surface area (Å²) in [6.07, 6.45) is 4.79. The number of anilines is 1. The van der Waals surface area contributed by atoms with Crippen molar-refractivity contribution in [2.45, 2.75) is 6.92 Å². The van der Waals surface area contributed by atoms with Gasteiger partial charge in [0.1, 0.15) is 17.7 Å². The van der Waals surface area contributed by atoms with Crippen molar-refractivity contribution in [2.75, 3.05) is 5.32 Å². The summed E-state index contributed by atoms with van der Waals surface area (Å²) in [5, 5.41) is 2.51. The van der Waals surface area contributed by atoms with Gasteiger partial charge in [-0.25, -0.2) is 18.7 Å². The van der Waals surface area contributed by atoms with Crippen molar-refractivity contribution in [3.05, 3.63) is 95.3 Å². The molecule has 0 fully saturated rings. The number of H-pyrrole nitrogens is 1. The van der Waals surface area contributed by atoms with Crippen molar-refractivity contribution in [2.24, 2.45) is 0 Å². The summed E-state index contributed by atoms with van der Waals surface area (Å²) in [6, 6.07) is 13.4. The number of hydrogen-bond donors (Lipinski definition) is 2. The number of hydrogen-bond acceptors (Lipinski definition) is 4. The number of nitrogens with one attached hydrogen (secondary N) is 2. The molecular weight excluding hydrogens is 440 g/mol. The third-order valence-electron chi connectivity index (χ3n) is 5.31. The predicted molar refractivity (Wildman–Crippen MR) is 125 cm³/mol. The summed E-state index contributed by atoms with van der Waals surface area (Å²) < 4.78 is 30.3. The van der Waals surface area contributed by atoms with Crippen LogP contribution in [-0.4, -0.2) is 25.4 Å². The van der Waals surface area contributed by atoms with E-state index in [0.29, 0.717) is 22.4 Å². The van der Waals surface area contributed by atoms with Gasteiger partial charge in [-0.05, 0) is 47.5 Å². The van der Waals surface area contributed by atoms with Gasteiger partial charge in [-0.15, -0.1) is 0 Å². The van der Waals surface area contributed by atoms with Gasteiger partial charge in [0.2, 0.25) is 11.5 Å². The summed E-state index contributed by atoms with van der Waals surface area (Å²) in [7, 11) is 0. The van der Waals surface area contributed by atoms with Crippen LogP contribution in [0.4, 0.5) is 14.5 Å². The zero-order chi connectivity index (χ0) is 23.8. The number of benzene rings is 2. The number of amides is 1. The van der Waals surface area contributed by atoms with E-state index in [4.69, 9.17) is 0 Å². The topological polar surface area (TPSA) is 92.7 Å². The molecule has 2 aromatic carbocycles. The minimum Gasteiger partial charge on any atom is -0.328 e. The maximum atomic E-state index is 15.2. The van der Waals surface area contributed by atoms with Gasteiger partial charge in [0, 0.05) is 36.5 Å². The second kappa shape index (κ2) is 8.36. The number of carbonyl (C=O) groups excluding carboxylic acids is 1. The lowest BCUT2D eigenvalue weighted by Crippen LogP contribution is -2.09. The normalized spacial score (nSPS) is 11.0. The number of rotatable bonds is 4. The fourth-order valence-electron chi connectivity index (χ4n) is 3.71. The summed E-state index contributed by atoms with van der Waals surface area (Å²) >= 11 is 0. The highest BCUT2D eigenvalue weighted by Crippen LogP contribution is 2.32. The molecule has 5 aromatic rings. The maximum Gasteiger partial charge on any atom is 0.247 e. The van der Waals surface area contributed by atoms with Crippen molar-refractivity contribution in [3.8, 4) is 27.9 Å². The Morgan fingerprint density at radius 3 is 2.44 bits per heavy atom. The number of imidazole rings is 1.